The molecule has 0 radical (unpaired) electrons. The number of aliphatic hydroxyl groups excluding tert-OH is 1. The highest BCUT2D eigenvalue weighted by Crippen LogP contribution is 2.06. The number of hydrogen-bond acceptors (Lipinski definition) is 4. The summed E-state index contributed by atoms with van der Waals surface area (Å²) in [6.45, 7) is 2.90. The third-order valence-electron chi connectivity index (χ3n) is 2.79. The Kier molecular flexibility index (Phi) is 5.87. The first-order chi connectivity index (χ1) is 8.52. The Bertz CT molecular complexity index is 297. The Balaban J connectivity index is 2.32. The molecule has 1 saturated heterocycles. The molecule has 1 rings (SSSR count). The van der Waals surface area contributed by atoms with Crippen LogP contribution in [0, 0.1) is 0 Å². The second-order valence-corrected chi connectivity index (χ2v) is 4.40. The lowest BCUT2D eigenvalue weighted by atomic mass is 10.2. The van der Waals surface area contributed by atoms with E-state index in [0.29, 0.717) is 26.1 Å². The Morgan fingerprint density at radius 2 is 2.28 bits per heavy atom. The zero-order valence-corrected chi connectivity index (χ0v) is 10.5. The number of morpholine rings is 1. The van der Waals surface area contributed by atoms with Gasteiger partial charge in [-0.3, -0.25) is 4.79 Å². The van der Waals surface area contributed by atoms with Crippen LogP contribution >= 0.6 is 0 Å². The topological polar surface area (TPSA) is 99.1 Å². The largest absolute Gasteiger partial charge is 0.481 e. The van der Waals surface area contributed by atoms with E-state index in [-0.39, 0.29) is 31.2 Å². The number of carboxylic acid groups (broad SMARTS) is 1. The minimum atomic E-state index is -0.872. The fourth-order valence-corrected chi connectivity index (χ4v) is 1.73. The van der Waals surface area contributed by atoms with E-state index < -0.39 is 5.97 Å². The summed E-state index contributed by atoms with van der Waals surface area (Å²) < 4.78 is 5.24. The van der Waals surface area contributed by atoms with Gasteiger partial charge in [-0.1, -0.05) is 0 Å². The molecule has 104 valence electrons. The van der Waals surface area contributed by atoms with Crippen molar-refractivity contribution < 1.29 is 24.5 Å². The second-order valence-electron chi connectivity index (χ2n) is 4.40. The van der Waals surface area contributed by atoms with Crippen molar-refractivity contribution >= 4 is 12.0 Å². The Hall–Kier alpha value is -1.34. The lowest BCUT2D eigenvalue weighted by Crippen LogP contribution is -2.52. The number of urea groups is 1. The van der Waals surface area contributed by atoms with Crippen LogP contribution in [0.25, 0.3) is 0 Å². The van der Waals surface area contributed by atoms with E-state index in [9.17, 15) is 9.59 Å². The van der Waals surface area contributed by atoms with Gasteiger partial charge in [-0.05, 0) is 13.3 Å². The van der Waals surface area contributed by atoms with E-state index in [4.69, 9.17) is 14.9 Å². The number of nitrogens with zero attached hydrogens (tertiary/aromatic N) is 1. The third-order valence-corrected chi connectivity index (χ3v) is 2.79. The van der Waals surface area contributed by atoms with Gasteiger partial charge in [-0.25, -0.2) is 4.79 Å². The van der Waals surface area contributed by atoms with Crippen molar-refractivity contribution in [2.75, 3.05) is 26.3 Å². The predicted molar refractivity (Wildman–Crippen MR) is 63.3 cm³/mol. The van der Waals surface area contributed by atoms with Crippen LogP contribution < -0.4 is 5.32 Å². The molecule has 0 saturated carbocycles. The molecule has 1 aliphatic rings. The third kappa shape index (κ3) is 4.89. The van der Waals surface area contributed by atoms with Gasteiger partial charge in [0.05, 0.1) is 25.9 Å². The number of aliphatic carboxylic acids is 1. The molecule has 0 aromatic rings. The van der Waals surface area contributed by atoms with Crippen LogP contribution in [0.2, 0.25) is 0 Å². The van der Waals surface area contributed by atoms with Crippen LogP contribution in [0.4, 0.5) is 4.79 Å². The van der Waals surface area contributed by atoms with Gasteiger partial charge in [0, 0.05) is 19.0 Å². The van der Waals surface area contributed by atoms with Gasteiger partial charge in [-0.15, -0.1) is 0 Å². The number of carbonyl (C=O) groups is 2. The maximum absolute atomic E-state index is 11.8. The van der Waals surface area contributed by atoms with Crippen molar-refractivity contribution in [2.45, 2.75) is 31.9 Å². The summed E-state index contributed by atoms with van der Waals surface area (Å²) in [6.07, 6.45) is 0.0948. The van der Waals surface area contributed by atoms with E-state index in [2.05, 4.69) is 5.32 Å². The van der Waals surface area contributed by atoms with E-state index >= 15 is 0 Å². The molecule has 0 aliphatic carbocycles. The first kappa shape index (κ1) is 14.7. The van der Waals surface area contributed by atoms with E-state index in [0.717, 1.165) is 0 Å². The lowest BCUT2D eigenvalue weighted by Gasteiger charge is -2.32. The number of carbonyl (C=O) groups excluding carboxylic acids is 1. The molecule has 2 atom stereocenters. The quantitative estimate of drug-likeness (QED) is 0.627. The summed E-state index contributed by atoms with van der Waals surface area (Å²) >= 11 is 0. The van der Waals surface area contributed by atoms with Gasteiger partial charge < -0.3 is 25.2 Å². The summed E-state index contributed by atoms with van der Waals surface area (Å²) in [4.78, 5) is 23.8. The van der Waals surface area contributed by atoms with Crippen LogP contribution in [-0.4, -0.2) is 65.6 Å². The maximum atomic E-state index is 11.8. The van der Waals surface area contributed by atoms with Crippen LogP contribution in [0.5, 0.6) is 0 Å². The van der Waals surface area contributed by atoms with E-state index in [1.54, 1.807) is 11.8 Å². The number of amides is 2. The molecule has 3 N–H and O–H groups in total. The smallest absolute Gasteiger partial charge is 0.317 e. The summed E-state index contributed by atoms with van der Waals surface area (Å²) in [7, 11) is 0. The van der Waals surface area contributed by atoms with Gasteiger partial charge in [0.15, 0.2) is 0 Å². The van der Waals surface area contributed by atoms with Gasteiger partial charge in [0.2, 0.25) is 0 Å². The number of ether oxygens (including phenoxy) is 1. The summed E-state index contributed by atoms with van der Waals surface area (Å²) in [5.41, 5.74) is 0. The van der Waals surface area contributed by atoms with E-state index in [1.807, 2.05) is 0 Å². The molecule has 7 nitrogen and oxygen atoms in total. The summed E-state index contributed by atoms with van der Waals surface area (Å²) in [5, 5.41) is 20.2. The number of rotatable bonds is 5. The highest BCUT2D eigenvalue weighted by atomic mass is 16.5. The number of aliphatic hydroxyl groups is 1. The molecule has 0 aromatic heterocycles. The Morgan fingerprint density at radius 1 is 1.56 bits per heavy atom. The van der Waals surface area contributed by atoms with Crippen molar-refractivity contribution in [1.82, 2.24) is 10.2 Å². The normalized spacial score (nSPS) is 21.4. The summed E-state index contributed by atoms with van der Waals surface area (Å²) in [5.74, 6) is -0.872. The molecule has 0 spiro atoms. The molecule has 1 heterocycles. The molecule has 2 unspecified atom stereocenters. The van der Waals surface area contributed by atoms with Crippen molar-refractivity contribution in [1.29, 1.82) is 0 Å². The highest BCUT2D eigenvalue weighted by Gasteiger charge is 2.24. The number of carboxylic acids is 1. The van der Waals surface area contributed by atoms with Crippen LogP contribution in [0.15, 0.2) is 0 Å². The first-order valence-corrected chi connectivity index (χ1v) is 6.02. The zero-order chi connectivity index (χ0) is 13.5. The average molecular weight is 260 g/mol. The Labute approximate surface area is 106 Å². The molecular weight excluding hydrogens is 240 g/mol. The first-order valence-electron chi connectivity index (χ1n) is 6.02. The molecule has 0 bridgehead atoms. The minimum absolute atomic E-state index is 0.0316. The molecular formula is C11H20N2O5. The maximum Gasteiger partial charge on any atom is 0.317 e. The standard InChI is InChI=1S/C11H20N2O5/c1-8(2-3-10(15)16)12-11(17)13-4-5-18-9(6-13)7-14/h8-9,14H,2-7H2,1H3,(H,12,17)(H,15,16). The SMILES string of the molecule is CC(CCC(=O)O)NC(=O)N1CCOC(CO)C1. The van der Waals surface area contributed by atoms with Crippen molar-refractivity contribution in [3.05, 3.63) is 0 Å². The van der Waals surface area contributed by atoms with Gasteiger partial charge in [0.25, 0.3) is 0 Å². The van der Waals surface area contributed by atoms with Crippen molar-refractivity contribution in [2.24, 2.45) is 0 Å². The Morgan fingerprint density at radius 3 is 2.89 bits per heavy atom. The molecule has 1 aliphatic heterocycles. The van der Waals surface area contributed by atoms with Gasteiger partial charge in [0.1, 0.15) is 0 Å². The number of hydrogen-bond donors (Lipinski definition) is 3. The fraction of sp³-hybridized carbons (Fsp3) is 0.818. The van der Waals surface area contributed by atoms with E-state index in [1.165, 1.54) is 0 Å². The molecule has 2 amide bonds. The highest BCUT2D eigenvalue weighted by molar-refractivity contribution is 5.74. The second kappa shape index (κ2) is 7.17. The number of nitrogens with one attached hydrogen (secondary N) is 1. The van der Waals surface area contributed by atoms with Gasteiger partial charge in [-0.2, -0.15) is 0 Å². The zero-order valence-electron chi connectivity index (χ0n) is 10.5. The van der Waals surface area contributed by atoms with Gasteiger partial charge >= 0.3 is 12.0 Å². The predicted octanol–water partition coefficient (Wildman–Crippen LogP) is -0.358. The monoisotopic (exact) mass is 260 g/mol. The molecule has 0 aromatic carbocycles. The molecule has 1 fully saturated rings. The van der Waals surface area contributed by atoms with Crippen LogP contribution in [-0.2, 0) is 9.53 Å². The summed E-state index contributed by atoms with van der Waals surface area (Å²) in [6, 6.07) is -0.432. The minimum Gasteiger partial charge on any atom is -0.481 e. The molecule has 18 heavy (non-hydrogen) atoms. The average Bonchev–Trinajstić information content (AvgIpc) is 2.36. The van der Waals surface area contributed by atoms with Crippen molar-refractivity contribution in [3.8, 4) is 0 Å². The van der Waals surface area contributed by atoms with Crippen LogP contribution in [0.3, 0.4) is 0 Å². The molecule has 7 heteroatoms. The van der Waals surface area contributed by atoms with Crippen molar-refractivity contribution in [3.63, 3.8) is 0 Å². The van der Waals surface area contributed by atoms with Crippen LogP contribution in [0.1, 0.15) is 19.8 Å². The fourth-order valence-electron chi connectivity index (χ4n) is 1.73. The lowest BCUT2D eigenvalue weighted by molar-refractivity contribution is -0.137.